The average molecular weight is 359 g/mol. The van der Waals surface area contributed by atoms with Gasteiger partial charge in [0, 0.05) is 6.20 Å². The fraction of sp³-hybridized carbons (Fsp3) is 0.182. The Labute approximate surface area is 158 Å². The number of hydrogen-bond acceptors (Lipinski definition) is 4. The predicted octanol–water partition coefficient (Wildman–Crippen LogP) is 4.78. The molecule has 0 fully saturated rings. The van der Waals surface area contributed by atoms with Gasteiger partial charge in [0.05, 0.1) is 19.3 Å². The molecule has 5 heteroatoms. The number of hydrogen-bond donors (Lipinski definition) is 0. The van der Waals surface area contributed by atoms with Crippen molar-refractivity contribution in [1.82, 2.24) is 14.6 Å². The van der Waals surface area contributed by atoms with Gasteiger partial charge >= 0.3 is 0 Å². The summed E-state index contributed by atoms with van der Waals surface area (Å²) in [7, 11) is 1.66. The predicted molar refractivity (Wildman–Crippen MR) is 106 cm³/mol. The van der Waals surface area contributed by atoms with E-state index in [2.05, 4.69) is 41.5 Å². The molecule has 4 rings (SSSR count). The highest BCUT2D eigenvalue weighted by Gasteiger charge is 2.13. The number of aryl methyl sites for hydroxylation is 1. The molecule has 0 saturated carbocycles. The Morgan fingerprint density at radius 1 is 0.926 bits per heavy atom. The van der Waals surface area contributed by atoms with Crippen LogP contribution in [0.15, 0.2) is 60.8 Å². The molecule has 0 saturated heterocycles. The van der Waals surface area contributed by atoms with Crippen LogP contribution in [-0.2, 0) is 0 Å². The lowest BCUT2D eigenvalue weighted by molar-refractivity contribution is 0.338. The van der Waals surface area contributed by atoms with E-state index in [0.717, 1.165) is 45.2 Å². The van der Waals surface area contributed by atoms with Gasteiger partial charge in [0.15, 0.2) is 11.5 Å². The van der Waals surface area contributed by atoms with Gasteiger partial charge in [-0.2, -0.15) is 0 Å². The van der Waals surface area contributed by atoms with Crippen LogP contribution in [-0.4, -0.2) is 28.3 Å². The maximum absolute atomic E-state index is 5.65. The van der Waals surface area contributed by atoms with E-state index in [0.29, 0.717) is 6.61 Å². The van der Waals surface area contributed by atoms with Gasteiger partial charge in [-0.05, 0) is 66.9 Å². The maximum atomic E-state index is 5.65. The van der Waals surface area contributed by atoms with Crippen molar-refractivity contribution in [3.8, 4) is 34.0 Å². The monoisotopic (exact) mass is 359 g/mol. The molecular weight excluding hydrogens is 338 g/mol. The molecule has 136 valence electrons. The zero-order valence-corrected chi connectivity index (χ0v) is 15.6. The minimum atomic E-state index is 0.662. The van der Waals surface area contributed by atoms with E-state index < -0.39 is 0 Å². The minimum Gasteiger partial charge on any atom is -0.496 e. The number of nitrogens with zero attached hydrogens (tertiary/aromatic N) is 3. The van der Waals surface area contributed by atoms with Gasteiger partial charge in [0.1, 0.15) is 11.5 Å². The van der Waals surface area contributed by atoms with Crippen LogP contribution in [0.3, 0.4) is 0 Å². The van der Waals surface area contributed by atoms with Crippen LogP contribution in [0.1, 0.15) is 12.5 Å². The first-order valence-corrected chi connectivity index (χ1v) is 8.93. The van der Waals surface area contributed by atoms with E-state index in [-0.39, 0.29) is 0 Å². The molecular formula is C22H21N3O2. The Hall–Kier alpha value is -3.34. The average Bonchev–Trinajstić information content (AvgIpc) is 3.12. The summed E-state index contributed by atoms with van der Waals surface area (Å²) in [5, 5.41) is 8.68. The summed E-state index contributed by atoms with van der Waals surface area (Å²) in [4.78, 5) is 0. The van der Waals surface area contributed by atoms with E-state index >= 15 is 0 Å². The zero-order chi connectivity index (χ0) is 18.8. The molecule has 4 aromatic rings. The molecule has 0 unspecified atom stereocenters. The number of fused-ring (bicyclic) bond motifs is 1. The second kappa shape index (κ2) is 7.11. The fourth-order valence-corrected chi connectivity index (χ4v) is 3.22. The Balaban J connectivity index is 1.82. The van der Waals surface area contributed by atoms with Crippen molar-refractivity contribution >= 4 is 5.65 Å². The number of para-hydroxylation sites is 1. The van der Waals surface area contributed by atoms with Crippen molar-refractivity contribution in [2.45, 2.75) is 13.8 Å². The molecule has 2 aromatic heterocycles. The quantitative estimate of drug-likeness (QED) is 0.514. The first-order valence-electron chi connectivity index (χ1n) is 8.93. The Morgan fingerprint density at radius 3 is 2.52 bits per heavy atom. The summed E-state index contributed by atoms with van der Waals surface area (Å²) in [5.41, 5.74) is 5.03. The molecule has 2 heterocycles. The third kappa shape index (κ3) is 3.12. The van der Waals surface area contributed by atoms with Crippen molar-refractivity contribution in [1.29, 1.82) is 0 Å². The molecule has 0 radical (unpaired) electrons. The Bertz CT molecular complexity index is 1100. The van der Waals surface area contributed by atoms with E-state index in [4.69, 9.17) is 9.47 Å². The van der Waals surface area contributed by atoms with Crippen LogP contribution in [0.25, 0.3) is 28.2 Å². The summed E-state index contributed by atoms with van der Waals surface area (Å²) in [5.74, 6) is 2.45. The maximum Gasteiger partial charge on any atom is 0.172 e. The summed E-state index contributed by atoms with van der Waals surface area (Å²) >= 11 is 0. The number of rotatable bonds is 5. The number of methoxy groups -OCH3 is 1. The summed E-state index contributed by atoms with van der Waals surface area (Å²) in [6.07, 6.45) is 2.06. The van der Waals surface area contributed by atoms with E-state index in [1.54, 1.807) is 7.11 Å². The van der Waals surface area contributed by atoms with Crippen molar-refractivity contribution in [2.75, 3.05) is 13.7 Å². The zero-order valence-electron chi connectivity index (χ0n) is 15.6. The third-order valence-electron chi connectivity index (χ3n) is 4.56. The van der Waals surface area contributed by atoms with Gasteiger partial charge in [0.2, 0.25) is 0 Å². The van der Waals surface area contributed by atoms with Crippen LogP contribution < -0.4 is 9.47 Å². The van der Waals surface area contributed by atoms with Gasteiger partial charge in [-0.25, -0.2) is 0 Å². The first-order chi connectivity index (χ1) is 13.2. The minimum absolute atomic E-state index is 0.662. The molecule has 0 aliphatic heterocycles. The van der Waals surface area contributed by atoms with Gasteiger partial charge in [-0.15, -0.1) is 10.2 Å². The van der Waals surface area contributed by atoms with Gasteiger partial charge in [-0.1, -0.05) is 18.2 Å². The molecule has 2 aromatic carbocycles. The standard InChI is InChI=1S/C22H21N3O2/c1-4-27-19-11-9-16(13-15(19)2)17-10-12-21-23-24-22(25(21)14-17)18-7-5-6-8-20(18)26-3/h5-14H,4H2,1-3H3. The molecule has 0 aliphatic carbocycles. The van der Waals surface area contributed by atoms with E-state index in [1.165, 1.54) is 0 Å². The SMILES string of the molecule is CCOc1ccc(-c2ccc3nnc(-c4ccccc4OC)n3c2)cc1C. The number of aromatic nitrogens is 3. The van der Waals surface area contributed by atoms with Crippen LogP contribution in [0.5, 0.6) is 11.5 Å². The molecule has 0 N–H and O–H groups in total. The molecule has 5 nitrogen and oxygen atoms in total. The second-order valence-electron chi connectivity index (χ2n) is 6.28. The van der Waals surface area contributed by atoms with Crippen LogP contribution in [0, 0.1) is 6.92 Å². The third-order valence-corrected chi connectivity index (χ3v) is 4.56. The number of benzene rings is 2. The van der Waals surface area contributed by atoms with Gasteiger partial charge in [-0.3, -0.25) is 4.40 Å². The molecule has 0 bridgehead atoms. The molecule has 0 spiro atoms. The van der Waals surface area contributed by atoms with Crippen LogP contribution in [0.2, 0.25) is 0 Å². The Kier molecular flexibility index (Phi) is 4.50. The molecule has 0 aliphatic rings. The summed E-state index contributed by atoms with van der Waals surface area (Å²) in [6.45, 7) is 4.72. The lowest BCUT2D eigenvalue weighted by Crippen LogP contribution is -1.95. The van der Waals surface area contributed by atoms with E-state index in [9.17, 15) is 0 Å². The van der Waals surface area contributed by atoms with Crippen molar-refractivity contribution in [3.63, 3.8) is 0 Å². The van der Waals surface area contributed by atoms with E-state index in [1.807, 2.05) is 47.7 Å². The van der Waals surface area contributed by atoms with Crippen molar-refractivity contribution < 1.29 is 9.47 Å². The topological polar surface area (TPSA) is 48.7 Å². The lowest BCUT2D eigenvalue weighted by atomic mass is 10.0. The molecule has 0 atom stereocenters. The largest absolute Gasteiger partial charge is 0.496 e. The normalized spacial score (nSPS) is 10.9. The van der Waals surface area contributed by atoms with Crippen LogP contribution in [0.4, 0.5) is 0 Å². The second-order valence-corrected chi connectivity index (χ2v) is 6.28. The highest BCUT2D eigenvalue weighted by atomic mass is 16.5. The first kappa shape index (κ1) is 17.1. The number of pyridine rings is 1. The van der Waals surface area contributed by atoms with Crippen LogP contribution >= 0.6 is 0 Å². The molecule has 0 amide bonds. The summed E-state index contributed by atoms with van der Waals surface area (Å²) < 4.78 is 13.1. The fourth-order valence-electron chi connectivity index (χ4n) is 3.22. The smallest absolute Gasteiger partial charge is 0.172 e. The summed E-state index contributed by atoms with van der Waals surface area (Å²) in [6, 6.07) is 18.1. The van der Waals surface area contributed by atoms with Gasteiger partial charge < -0.3 is 9.47 Å². The number of ether oxygens (including phenoxy) is 2. The highest BCUT2D eigenvalue weighted by Crippen LogP contribution is 2.31. The molecule has 27 heavy (non-hydrogen) atoms. The van der Waals surface area contributed by atoms with Gasteiger partial charge in [0.25, 0.3) is 0 Å². The highest BCUT2D eigenvalue weighted by molar-refractivity contribution is 5.70. The lowest BCUT2D eigenvalue weighted by Gasteiger charge is -2.10. The van der Waals surface area contributed by atoms with Crippen molar-refractivity contribution in [2.24, 2.45) is 0 Å². The van der Waals surface area contributed by atoms with Crippen molar-refractivity contribution in [3.05, 3.63) is 66.4 Å². The Morgan fingerprint density at radius 2 is 1.74 bits per heavy atom.